The van der Waals surface area contributed by atoms with Gasteiger partial charge in [-0.25, -0.2) is 4.98 Å². The maximum absolute atomic E-state index is 5.69. The van der Waals surface area contributed by atoms with Gasteiger partial charge in [0.1, 0.15) is 18.2 Å². The number of aromatic nitrogens is 1. The number of thioether (sulfide) groups is 1. The highest BCUT2D eigenvalue weighted by Crippen LogP contribution is 2.17. The highest BCUT2D eigenvalue weighted by Gasteiger charge is 2.07. The molecule has 4 nitrogen and oxygen atoms in total. The molecule has 1 N–H and O–H groups in total. The summed E-state index contributed by atoms with van der Waals surface area (Å²) in [7, 11) is 0. The number of pyridine rings is 1. The number of rotatable bonds is 4. The van der Waals surface area contributed by atoms with E-state index in [-0.39, 0.29) is 0 Å². The second-order valence-electron chi connectivity index (χ2n) is 4.31. The van der Waals surface area contributed by atoms with Crippen LogP contribution in [0.15, 0.2) is 53.7 Å². The van der Waals surface area contributed by atoms with Gasteiger partial charge in [0.2, 0.25) is 0 Å². The number of nitrogens with one attached hydrogen (secondary N) is 1. The molecule has 1 aliphatic rings. The lowest BCUT2D eigenvalue weighted by molar-refractivity contribution is 0.305. The van der Waals surface area contributed by atoms with Crippen LogP contribution >= 0.6 is 11.8 Å². The summed E-state index contributed by atoms with van der Waals surface area (Å²) in [6.07, 6.45) is 1.73. The van der Waals surface area contributed by atoms with Crippen molar-refractivity contribution in [3.63, 3.8) is 0 Å². The molecule has 0 saturated carbocycles. The van der Waals surface area contributed by atoms with E-state index in [4.69, 9.17) is 4.74 Å². The maximum atomic E-state index is 5.69. The van der Waals surface area contributed by atoms with Crippen molar-refractivity contribution in [2.45, 2.75) is 6.61 Å². The van der Waals surface area contributed by atoms with E-state index in [0.29, 0.717) is 6.61 Å². The fourth-order valence-electron chi connectivity index (χ4n) is 1.80. The minimum Gasteiger partial charge on any atom is -0.487 e. The van der Waals surface area contributed by atoms with Crippen LogP contribution in [0.2, 0.25) is 0 Å². The van der Waals surface area contributed by atoms with E-state index in [9.17, 15) is 0 Å². The van der Waals surface area contributed by atoms with E-state index in [1.54, 1.807) is 18.0 Å². The number of benzene rings is 1. The quantitative estimate of drug-likeness (QED) is 0.937. The summed E-state index contributed by atoms with van der Waals surface area (Å²) in [6.45, 7) is 1.43. The van der Waals surface area contributed by atoms with E-state index in [1.807, 2.05) is 42.5 Å². The summed E-state index contributed by atoms with van der Waals surface area (Å²) in [5, 5.41) is 4.13. The molecule has 0 radical (unpaired) electrons. The summed E-state index contributed by atoms with van der Waals surface area (Å²) in [4.78, 5) is 8.65. The summed E-state index contributed by atoms with van der Waals surface area (Å²) in [5.41, 5.74) is 1.14. The topological polar surface area (TPSA) is 46.5 Å². The predicted octanol–water partition coefficient (Wildman–Crippen LogP) is 3.18. The monoisotopic (exact) mass is 285 g/mol. The molecule has 1 aromatic heterocycles. The first kappa shape index (κ1) is 13.0. The van der Waals surface area contributed by atoms with Gasteiger partial charge in [-0.05, 0) is 17.7 Å². The van der Waals surface area contributed by atoms with Crippen LogP contribution in [0.25, 0.3) is 0 Å². The Bertz CT molecular complexity index is 584. The lowest BCUT2D eigenvalue weighted by Crippen LogP contribution is -2.06. The van der Waals surface area contributed by atoms with Gasteiger partial charge in [-0.15, -0.1) is 0 Å². The second kappa shape index (κ2) is 6.43. The maximum Gasteiger partial charge on any atom is 0.162 e. The average Bonchev–Trinajstić information content (AvgIpc) is 3.01. The number of ether oxygens (including phenoxy) is 1. The van der Waals surface area contributed by atoms with Gasteiger partial charge in [-0.3, -0.25) is 4.99 Å². The van der Waals surface area contributed by atoms with Crippen molar-refractivity contribution >= 4 is 22.7 Å². The molecule has 0 fully saturated rings. The highest BCUT2D eigenvalue weighted by molar-refractivity contribution is 8.14. The molecule has 5 heteroatoms. The zero-order chi connectivity index (χ0) is 13.6. The Morgan fingerprint density at radius 1 is 1.15 bits per heavy atom. The molecule has 0 amide bonds. The number of hydrogen-bond acceptors (Lipinski definition) is 5. The van der Waals surface area contributed by atoms with Gasteiger partial charge < -0.3 is 10.1 Å². The number of anilines is 1. The van der Waals surface area contributed by atoms with Crippen molar-refractivity contribution in [2.75, 3.05) is 17.6 Å². The average molecular weight is 285 g/mol. The molecule has 0 aliphatic carbocycles. The first-order valence-corrected chi connectivity index (χ1v) is 7.46. The van der Waals surface area contributed by atoms with Crippen LogP contribution in [0.5, 0.6) is 5.75 Å². The Morgan fingerprint density at radius 3 is 2.75 bits per heavy atom. The third-order valence-electron chi connectivity index (χ3n) is 2.81. The zero-order valence-electron chi connectivity index (χ0n) is 11.0. The Morgan fingerprint density at radius 2 is 2.05 bits per heavy atom. The van der Waals surface area contributed by atoms with E-state index in [0.717, 1.165) is 34.6 Å². The van der Waals surface area contributed by atoms with Crippen LogP contribution in [0, 0.1) is 0 Å². The molecule has 1 aromatic carbocycles. The summed E-state index contributed by atoms with van der Waals surface area (Å²) in [5.74, 6) is 2.60. The largest absolute Gasteiger partial charge is 0.487 e. The van der Waals surface area contributed by atoms with Crippen LogP contribution in [0.1, 0.15) is 5.56 Å². The lowest BCUT2D eigenvalue weighted by Gasteiger charge is -2.07. The van der Waals surface area contributed by atoms with Crippen LogP contribution in [0.4, 0.5) is 5.82 Å². The third-order valence-corrected chi connectivity index (χ3v) is 3.70. The minimum absolute atomic E-state index is 0.553. The molecular weight excluding hydrogens is 270 g/mol. The van der Waals surface area contributed by atoms with Gasteiger partial charge in [0, 0.05) is 5.75 Å². The number of aliphatic imine (C=N–C) groups is 1. The van der Waals surface area contributed by atoms with Crippen molar-refractivity contribution in [3.05, 3.63) is 54.2 Å². The van der Waals surface area contributed by atoms with Gasteiger partial charge in [0.05, 0.1) is 12.7 Å². The lowest BCUT2D eigenvalue weighted by atomic mass is 10.2. The van der Waals surface area contributed by atoms with E-state index >= 15 is 0 Å². The molecule has 102 valence electrons. The Balaban J connectivity index is 1.56. The Kier molecular flexibility index (Phi) is 4.18. The summed E-state index contributed by atoms with van der Waals surface area (Å²) in [6, 6.07) is 13.9. The fourth-order valence-corrected chi connectivity index (χ4v) is 2.54. The molecule has 2 heterocycles. The minimum atomic E-state index is 0.553. The van der Waals surface area contributed by atoms with Crippen molar-refractivity contribution in [1.82, 2.24) is 4.98 Å². The molecule has 3 rings (SSSR count). The first-order chi connectivity index (χ1) is 9.90. The fraction of sp³-hybridized carbons (Fsp3) is 0.200. The van der Waals surface area contributed by atoms with Gasteiger partial charge in [0.25, 0.3) is 0 Å². The molecular formula is C15H15N3OS. The predicted molar refractivity (Wildman–Crippen MR) is 83.4 cm³/mol. The van der Waals surface area contributed by atoms with Crippen LogP contribution in [-0.2, 0) is 6.61 Å². The number of nitrogens with zero attached hydrogens (tertiary/aromatic N) is 2. The summed E-state index contributed by atoms with van der Waals surface area (Å²) >= 11 is 1.72. The molecule has 0 unspecified atom stereocenters. The Labute approximate surface area is 122 Å². The molecule has 0 atom stereocenters. The summed E-state index contributed by atoms with van der Waals surface area (Å²) < 4.78 is 5.69. The van der Waals surface area contributed by atoms with Crippen LogP contribution in [-0.4, -0.2) is 22.4 Å². The van der Waals surface area contributed by atoms with Crippen molar-refractivity contribution < 1.29 is 4.74 Å². The third kappa shape index (κ3) is 3.51. The molecule has 20 heavy (non-hydrogen) atoms. The van der Waals surface area contributed by atoms with E-state index in [2.05, 4.69) is 15.3 Å². The Hall–Kier alpha value is -2.01. The van der Waals surface area contributed by atoms with Crippen LogP contribution < -0.4 is 10.1 Å². The smallest absolute Gasteiger partial charge is 0.162 e. The number of hydrogen-bond donors (Lipinski definition) is 1. The first-order valence-electron chi connectivity index (χ1n) is 6.47. The second-order valence-corrected chi connectivity index (χ2v) is 5.40. The van der Waals surface area contributed by atoms with Gasteiger partial charge in [0.15, 0.2) is 5.17 Å². The standard InChI is InChI=1S/C15H15N3OS/c1-2-4-12(5-3-1)11-19-13-6-7-14(17-10-13)18-15-16-8-9-20-15/h1-7,10H,8-9,11H2,(H,16,17,18). The molecule has 1 aliphatic heterocycles. The highest BCUT2D eigenvalue weighted by atomic mass is 32.2. The molecule has 0 bridgehead atoms. The molecule has 0 saturated heterocycles. The normalized spacial score (nSPS) is 13.9. The van der Waals surface area contributed by atoms with Crippen molar-refractivity contribution in [2.24, 2.45) is 4.99 Å². The molecule has 2 aromatic rings. The SMILES string of the molecule is c1ccc(COc2ccc(NC3=NCCS3)nc2)cc1. The van der Waals surface area contributed by atoms with Crippen LogP contribution in [0.3, 0.4) is 0 Å². The van der Waals surface area contributed by atoms with Crippen molar-refractivity contribution in [1.29, 1.82) is 0 Å². The molecule has 0 spiro atoms. The van der Waals surface area contributed by atoms with E-state index in [1.165, 1.54) is 0 Å². The zero-order valence-corrected chi connectivity index (χ0v) is 11.8. The van der Waals surface area contributed by atoms with Crippen molar-refractivity contribution in [3.8, 4) is 5.75 Å². The van der Waals surface area contributed by atoms with Gasteiger partial charge >= 0.3 is 0 Å². The number of amidine groups is 1. The van der Waals surface area contributed by atoms with Gasteiger partial charge in [-0.1, -0.05) is 42.1 Å². The van der Waals surface area contributed by atoms with Gasteiger partial charge in [-0.2, -0.15) is 0 Å². The van der Waals surface area contributed by atoms with E-state index < -0.39 is 0 Å².